The lowest BCUT2D eigenvalue weighted by atomic mass is 9.85. The van der Waals surface area contributed by atoms with Gasteiger partial charge < -0.3 is 10.3 Å². The largest absolute Gasteiger partial charge is 0.348 e. The highest BCUT2D eigenvalue weighted by Gasteiger charge is 2.44. The van der Waals surface area contributed by atoms with Gasteiger partial charge in [0.2, 0.25) is 0 Å². The van der Waals surface area contributed by atoms with E-state index < -0.39 is 0 Å². The highest BCUT2D eigenvalue weighted by Crippen LogP contribution is 2.44. The van der Waals surface area contributed by atoms with Gasteiger partial charge in [-0.1, -0.05) is 32.1 Å². The maximum atomic E-state index is 12.4. The Hall–Kier alpha value is -2.11. The number of carbonyl (C=O) groups excluding carboxylic acids is 1. The van der Waals surface area contributed by atoms with Gasteiger partial charge in [0.1, 0.15) is 5.52 Å². The van der Waals surface area contributed by atoms with Crippen molar-refractivity contribution in [2.24, 2.45) is 11.8 Å². The molecule has 0 spiro atoms. The Bertz CT molecular complexity index is 801. The van der Waals surface area contributed by atoms with Crippen molar-refractivity contribution in [2.45, 2.75) is 51.5 Å². The van der Waals surface area contributed by atoms with Gasteiger partial charge in [-0.15, -0.1) is 0 Å². The fraction of sp³-hybridized carbons (Fsp3) is 0.588. The molecular formula is C17H22N4O2. The van der Waals surface area contributed by atoms with Gasteiger partial charge in [0, 0.05) is 24.0 Å². The van der Waals surface area contributed by atoms with Crippen molar-refractivity contribution < 1.29 is 4.79 Å². The van der Waals surface area contributed by atoms with Crippen molar-refractivity contribution in [3.8, 4) is 0 Å². The number of fused-ring (bicyclic) bond motifs is 1. The van der Waals surface area contributed by atoms with Crippen LogP contribution in [-0.2, 0) is 0 Å². The minimum atomic E-state index is -0.219. The molecule has 1 amide bonds. The molecule has 2 aromatic rings. The lowest BCUT2D eigenvalue weighted by molar-refractivity contribution is 0.0941. The summed E-state index contributed by atoms with van der Waals surface area (Å²) in [5, 5.41) is 7.32. The normalized spacial score (nSPS) is 24.7. The quantitative estimate of drug-likeness (QED) is 0.910. The summed E-state index contributed by atoms with van der Waals surface area (Å²) in [6, 6.07) is 1.85. The fourth-order valence-corrected chi connectivity index (χ4v) is 3.94. The first-order valence-electron chi connectivity index (χ1n) is 8.52. The second-order valence-electron chi connectivity index (χ2n) is 7.00. The van der Waals surface area contributed by atoms with Gasteiger partial charge in [-0.2, -0.15) is 5.10 Å². The number of nitrogens with one attached hydrogen (secondary N) is 2. The van der Waals surface area contributed by atoms with E-state index >= 15 is 0 Å². The monoisotopic (exact) mass is 314 g/mol. The van der Waals surface area contributed by atoms with E-state index in [9.17, 15) is 9.59 Å². The Morgan fingerprint density at radius 2 is 2.13 bits per heavy atom. The molecule has 0 saturated heterocycles. The number of aryl methyl sites for hydroxylation is 1. The number of hydrogen-bond donors (Lipinski definition) is 2. The predicted octanol–water partition coefficient (Wildman–Crippen LogP) is 2.03. The zero-order chi connectivity index (χ0) is 16.0. The van der Waals surface area contributed by atoms with Gasteiger partial charge in [-0.25, -0.2) is 4.52 Å². The van der Waals surface area contributed by atoms with Crippen LogP contribution in [0.3, 0.4) is 0 Å². The second kappa shape index (κ2) is 5.51. The topological polar surface area (TPSA) is 79.3 Å². The lowest BCUT2D eigenvalue weighted by Gasteiger charge is -2.21. The first-order valence-corrected chi connectivity index (χ1v) is 8.52. The average Bonchev–Trinajstić information content (AvgIpc) is 3.15. The molecule has 2 heterocycles. The molecule has 2 aliphatic rings. The molecule has 0 aliphatic heterocycles. The summed E-state index contributed by atoms with van der Waals surface area (Å²) in [7, 11) is 0. The van der Waals surface area contributed by atoms with Crippen molar-refractivity contribution in [3.63, 3.8) is 0 Å². The number of amides is 1. The third-order valence-corrected chi connectivity index (χ3v) is 5.24. The van der Waals surface area contributed by atoms with E-state index in [2.05, 4.69) is 15.4 Å². The molecule has 6 nitrogen and oxygen atoms in total. The molecular weight excluding hydrogens is 292 g/mol. The summed E-state index contributed by atoms with van der Waals surface area (Å²) in [6.45, 7) is 1.79. The molecule has 0 radical (unpaired) electrons. The van der Waals surface area contributed by atoms with Crippen LogP contribution < -0.4 is 10.9 Å². The number of aromatic amines is 1. The summed E-state index contributed by atoms with van der Waals surface area (Å²) in [4.78, 5) is 27.0. The van der Waals surface area contributed by atoms with Gasteiger partial charge in [-0.3, -0.25) is 9.59 Å². The van der Waals surface area contributed by atoms with Crippen LogP contribution in [0.2, 0.25) is 0 Å². The van der Waals surface area contributed by atoms with E-state index in [1.807, 2.05) is 0 Å². The van der Waals surface area contributed by atoms with E-state index in [-0.39, 0.29) is 17.5 Å². The molecule has 2 fully saturated rings. The zero-order valence-corrected chi connectivity index (χ0v) is 13.3. The van der Waals surface area contributed by atoms with Crippen molar-refractivity contribution in [3.05, 3.63) is 34.0 Å². The minimum Gasteiger partial charge on any atom is -0.348 e. The van der Waals surface area contributed by atoms with E-state index in [0.29, 0.717) is 17.1 Å². The number of carbonyl (C=O) groups is 1. The Morgan fingerprint density at radius 1 is 1.35 bits per heavy atom. The molecule has 2 atom stereocenters. The molecule has 2 saturated carbocycles. The van der Waals surface area contributed by atoms with Crippen LogP contribution in [0.25, 0.3) is 5.52 Å². The Balaban J connectivity index is 1.46. The summed E-state index contributed by atoms with van der Waals surface area (Å²) in [5.74, 6) is 1.25. The molecule has 122 valence electrons. The highest BCUT2D eigenvalue weighted by molar-refractivity contribution is 5.93. The first-order chi connectivity index (χ1) is 11.1. The van der Waals surface area contributed by atoms with Crippen molar-refractivity contribution in [2.75, 3.05) is 0 Å². The number of hydrogen-bond acceptors (Lipinski definition) is 3. The predicted molar refractivity (Wildman–Crippen MR) is 86.5 cm³/mol. The van der Waals surface area contributed by atoms with Gasteiger partial charge in [0.05, 0.1) is 0 Å². The highest BCUT2D eigenvalue weighted by atomic mass is 16.2. The van der Waals surface area contributed by atoms with Gasteiger partial charge in [-0.05, 0) is 25.2 Å². The standard InChI is InChI=1S/C17H22N4O2/c1-10-9-21-15(17(23)18-10)8-14(20-21)16(22)19-13-7-12(13)11-5-3-2-4-6-11/h8-9,11-13H,2-7H2,1H3,(H,18,23)(H,19,22)/t12-,13+/m0/s1. The Kier molecular flexibility index (Phi) is 3.47. The van der Waals surface area contributed by atoms with Crippen molar-refractivity contribution in [1.29, 1.82) is 0 Å². The van der Waals surface area contributed by atoms with Crippen LogP contribution in [0.5, 0.6) is 0 Å². The maximum Gasteiger partial charge on any atom is 0.274 e. The number of nitrogens with zero attached hydrogens (tertiary/aromatic N) is 2. The average molecular weight is 314 g/mol. The van der Waals surface area contributed by atoms with Gasteiger partial charge in [0.25, 0.3) is 11.5 Å². The molecule has 0 unspecified atom stereocenters. The Labute approximate surface area is 134 Å². The molecule has 4 rings (SSSR count). The van der Waals surface area contributed by atoms with E-state index in [1.54, 1.807) is 19.2 Å². The van der Waals surface area contributed by atoms with Gasteiger partial charge >= 0.3 is 0 Å². The van der Waals surface area contributed by atoms with Crippen LogP contribution in [0.1, 0.15) is 54.7 Å². The molecule has 2 N–H and O–H groups in total. The third-order valence-electron chi connectivity index (χ3n) is 5.24. The number of aromatic nitrogens is 3. The minimum absolute atomic E-state index is 0.172. The van der Waals surface area contributed by atoms with Crippen LogP contribution in [0.15, 0.2) is 17.1 Å². The summed E-state index contributed by atoms with van der Waals surface area (Å²) in [6.07, 6.45) is 9.43. The molecule has 0 bridgehead atoms. The van der Waals surface area contributed by atoms with E-state index in [0.717, 1.165) is 18.0 Å². The number of H-pyrrole nitrogens is 1. The van der Waals surface area contributed by atoms with E-state index in [4.69, 9.17) is 0 Å². The van der Waals surface area contributed by atoms with Crippen molar-refractivity contribution >= 4 is 11.4 Å². The van der Waals surface area contributed by atoms with E-state index in [1.165, 1.54) is 36.6 Å². The Morgan fingerprint density at radius 3 is 2.91 bits per heavy atom. The van der Waals surface area contributed by atoms with Crippen LogP contribution in [0, 0.1) is 18.8 Å². The first kappa shape index (κ1) is 14.5. The fourth-order valence-electron chi connectivity index (χ4n) is 3.94. The van der Waals surface area contributed by atoms with Crippen LogP contribution >= 0.6 is 0 Å². The summed E-state index contributed by atoms with van der Waals surface area (Å²) >= 11 is 0. The second-order valence-corrected chi connectivity index (χ2v) is 7.00. The molecule has 6 heteroatoms. The van der Waals surface area contributed by atoms with Crippen LogP contribution in [-0.4, -0.2) is 26.5 Å². The lowest BCUT2D eigenvalue weighted by Crippen LogP contribution is -2.28. The summed E-state index contributed by atoms with van der Waals surface area (Å²) in [5.41, 5.74) is 1.22. The number of rotatable bonds is 3. The van der Waals surface area contributed by atoms with Crippen LogP contribution in [0.4, 0.5) is 0 Å². The molecule has 0 aromatic carbocycles. The SMILES string of the molecule is Cc1cn2nc(C(=O)N[C@@H]3C[C@H]3C3CCCCC3)cc2c(=O)[nH]1. The maximum absolute atomic E-state index is 12.4. The van der Waals surface area contributed by atoms with Crippen molar-refractivity contribution in [1.82, 2.24) is 19.9 Å². The third kappa shape index (κ3) is 2.78. The van der Waals surface area contributed by atoms with Gasteiger partial charge in [0.15, 0.2) is 5.69 Å². The molecule has 23 heavy (non-hydrogen) atoms. The smallest absolute Gasteiger partial charge is 0.274 e. The zero-order valence-electron chi connectivity index (χ0n) is 13.3. The summed E-state index contributed by atoms with van der Waals surface area (Å²) < 4.78 is 1.48. The molecule has 2 aromatic heterocycles. The molecule has 2 aliphatic carbocycles.